The second-order valence-electron chi connectivity index (χ2n) is 4.57. The Morgan fingerprint density at radius 1 is 1.22 bits per heavy atom. The maximum atomic E-state index is 12.4. The number of carbonyl (C=O) groups is 2. The third-order valence-electron chi connectivity index (χ3n) is 3.23. The van der Waals surface area contributed by atoms with Gasteiger partial charge in [-0.05, 0) is 25.5 Å². The lowest BCUT2D eigenvalue weighted by Crippen LogP contribution is -2.62. The van der Waals surface area contributed by atoms with E-state index in [1.54, 1.807) is 11.8 Å². The molecular formula is C14H18N2O2. The number of carbonyl (C=O) groups excluding carboxylic acids is 2. The molecule has 1 fully saturated rings. The van der Waals surface area contributed by atoms with E-state index in [1.807, 2.05) is 37.3 Å². The van der Waals surface area contributed by atoms with Gasteiger partial charge in [-0.15, -0.1) is 0 Å². The first-order valence-corrected chi connectivity index (χ1v) is 6.33. The second-order valence-corrected chi connectivity index (χ2v) is 4.57. The number of para-hydroxylation sites is 1. The molecular weight excluding hydrogens is 228 g/mol. The maximum Gasteiger partial charge on any atom is 0.250 e. The lowest BCUT2D eigenvalue weighted by molar-refractivity contribution is -0.133. The average molecular weight is 246 g/mol. The number of benzene rings is 1. The summed E-state index contributed by atoms with van der Waals surface area (Å²) < 4.78 is 0. The van der Waals surface area contributed by atoms with Gasteiger partial charge in [0.25, 0.3) is 0 Å². The number of amides is 2. The van der Waals surface area contributed by atoms with Crippen molar-refractivity contribution in [3.63, 3.8) is 0 Å². The Kier molecular flexibility index (Phi) is 3.65. The summed E-state index contributed by atoms with van der Waals surface area (Å²) in [6.07, 6.45) is 1.55. The molecule has 1 aromatic rings. The van der Waals surface area contributed by atoms with E-state index in [9.17, 15) is 9.59 Å². The summed E-state index contributed by atoms with van der Waals surface area (Å²) in [4.78, 5) is 25.9. The first kappa shape index (κ1) is 12.6. The number of anilines is 1. The Morgan fingerprint density at radius 3 is 2.50 bits per heavy atom. The van der Waals surface area contributed by atoms with Crippen LogP contribution in [0.2, 0.25) is 0 Å². The number of hydrogen-bond donors (Lipinski definition) is 1. The van der Waals surface area contributed by atoms with Gasteiger partial charge in [0.15, 0.2) is 0 Å². The van der Waals surface area contributed by atoms with Gasteiger partial charge in [-0.3, -0.25) is 14.5 Å². The highest BCUT2D eigenvalue weighted by molar-refractivity contribution is 6.08. The Morgan fingerprint density at radius 2 is 1.89 bits per heavy atom. The van der Waals surface area contributed by atoms with Crippen molar-refractivity contribution in [1.29, 1.82) is 0 Å². The van der Waals surface area contributed by atoms with Gasteiger partial charge >= 0.3 is 0 Å². The number of nitrogens with one attached hydrogen (secondary N) is 1. The van der Waals surface area contributed by atoms with Gasteiger partial charge < -0.3 is 5.32 Å². The molecule has 96 valence electrons. The standard InChI is InChI=1S/C14H18N2O2/c1-3-7-12-14(18)16(10(2)13(17)15-12)11-8-5-4-6-9-11/h4-6,8-10,12H,3,7H2,1-2H3,(H,15,17). The molecule has 2 amide bonds. The van der Waals surface area contributed by atoms with E-state index in [0.29, 0.717) is 6.42 Å². The van der Waals surface area contributed by atoms with Crippen LogP contribution in [0.1, 0.15) is 26.7 Å². The Bertz CT molecular complexity index is 444. The third-order valence-corrected chi connectivity index (χ3v) is 3.23. The lowest BCUT2D eigenvalue weighted by atomic mass is 10.0. The van der Waals surface area contributed by atoms with Crippen molar-refractivity contribution >= 4 is 17.5 Å². The van der Waals surface area contributed by atoms with Crippen molar-refractivity contribution in [3.8, 4) is 0 Å². The summed E-state index contributed by atoms with van der Waals surface area (Å²) in [7, 11) is 0. The van der Waals surface area contributed by atoms with Gasteiger partial charge in [-0.1, -0.05) is 31.5 Å². The minimum absolute atomic E-state index is 0.0184. The van der Waals surface area contributed by atoms with Gasteiger partial charge in [0.2, 0.25) is 11.8 Å². The van der Waals surface area contributed by atoms with Crippen molar-refractivity contribution in [1.82, 2.24) is 5.32 Å². The van der Waals surface area contributed by atoms with Crippen LogP contribution in [0, 0.1) is 0 Å². The molecule has 2 rings (SSSR count). The van der Waals surface area contributed by atoms with Gasteiger partial charge in [0.05, 0.1) is 0 Å². The summed E-state index contributed by atoms with van der Waals surface area (Å²) in [6.45, 7) is 3.76. The number of hydrogen-bond acceptors (Lipinski definition) is 2. The summed E-state index contributed by atoms with van der Waals surface area (Å²) in [5, 5.41) is 2.79. The molecule has 0 radical (unpaired) electrons. The molecule has 0 aliphatic carbocycles. The largest absolute Gasteiger partial charge is 0.342 e. The first-order valence-electron chi connectivity index (χ1n) is 6.33. The van der Waals surface area contributed by atoms with Crippen molar-refractivity contribution < 1.29 is 9.59 Å². The Labute approximate surface area is 107 Å². The first-order chi connectivity index (χ1) is 8.65. The molecule has 4 heteroatoms. The molecule has 2 unspecified atom stereocenters. The quantitative estimate of drug-likeness (QED) is 0.882. The molecule has 0 bridgehead atoms. The zero-order chi connectivity index (χ0) is 13.1. The third kappa shape index (κ3) is 2.23. The van der Waals surface area contributed by atoms with E-state index in [-0.39, 0.29) is 17.9 Å². The molecule has 0 saturated carbocycles. The van der Waals surface area contributed by atoms with Gasteiger partial charge in [0.1, 0.15) is 12.1 Å². The van der Waals surface area contributed by atoms with Gasteiger partial charge in [0, 0.05) is 5.69 Å². The maximum absolute atomic E-state index is 12.4. The number of piperazine rings is 1. The van der Waals surface area contributed by atoms with E-state index >= 15 is 0 Å². The van der Waals surface area contributed by atoms with E-state index in [0.717, 1.165) is 12.1 Å². The normalized spacial score (nSPS) is 24.0. The van der Waals surface area contributed by atoms with Gasteiger partial charge in [-0.2, -0.15) is 0 Å². The predicted molar refractivity (Wildman–Crippen MR) is 70.2 cm³/mol. The highest BCUT2D eigenvalue weighted by Crippen LogP contribution is 2.22. The van der Waals surface area contributed by atoms with Crippen LogP contribution >= 0.6 is 0 Å². The fourth-order valence-corrected chi connectivity index (χ4v) is 2.25. The minimum Gasteiger partial charge on any atom is -0.342 e. The minimum atomic E-state index is -0.451. The lowest BCUT2D eigenvalue weighted by Gasteiger charge is -2.37. The predicted octanol–water partition coefficient (Wildman–Crippen LogP) is 1.71. The van der Waals surface area contributed by atoms with Crippen LogP contribution in [-0.2, 0) is 9.59 Å². The van der Waals surface area contributed by atoms with Crippen molar-refractivity contribution in [2.45, 2.75) is 38.8 Å². The molecule has 1 heterocycles. The van der Waals surface area contributed by atoms with Crippen molar-refractivity contribution in [3.05, 3.63) is 30.3 Å². The molecule has 1 saturated heterocycles. The molecule has 1 aliphatic rings. The highest BCUT2D eigenvalue weighted by atomic mass is 16.2. The monoisotopic (exact) mass is 246 g/mol. The average Bonchev–Trinajstić information content (AvgIpc) is 2.38. The van der Waals surface area contributed by atoms with Crippen LogP contribution in [0.15, 0.2) is 30.3 Å². The molecule has 1 aliphatic heterocycles. The van der Waals surface area contributed by atoms with E-state index in [1.165, 1.54) is 0 Å². The van der Waals surface area contributed by atoms with E-state index in [2.05, 4.69) is 5.32 Å². The SMILES string of the molecule is CCCC1NC(=O)C(C)N(c2ccccc2)C1=O. The van der Waals surface area contributed by atoms with Crippen molar-refractivity contribution in [2.24, 2.45) is 0 Å². The van der Waals surface area contributed by atoms with Crippen LogP contribution in [0.3, 0.4) is 0 Å². The zero-order valence-electron chi connectivity index (χ0n) is 10.7. The van der Waals surface area contributed by atoms with Crippen LogP contribution in [-0.4, -0.2) is 23.9 Å². The van der Waals surface area contributed by atoms with E-state index < -0.39 is 6.04 Å². The zero-order valence-corrected chi connectivity index (χ0v) is 10.7. The van der Waals surface area contributed by atoms with E-state index in [4.69, 9.17) is 0 Å². The summed E-state index contributed by atoms with van der Waals surface area (Å²) in [5.41, 5.74) is 0.783. The topological polar surface area (TPSA) is 49.4 Å². The highest BCUT2D eigenvalue weighted by Gasteiger charge is 2.38. The van der Waals surface area contributed by atoms with Crippen LogP contribution < -0.4 is 10.2 Å². The molecule has 0 spiro atoms. The smallest absolute Gasteiger partial charge is 0.250 e. The molecule has 1 aromatic carbocycles. The summed E-state index contributed by atoms with van der Waals surface area (Å²) >= 11 is 0. The summed E-state index contributed by atoms with van der Waals surface area (Å²) in [5.74, 6) is -0.105. The molecule has 0 aromatic heterocycles. The van der Waals surface area contributed by atoms with Crippen molar-refractivity contribution in [2.75, 3.05) is 4.90 Å². The molecule has 4 nitrogen and oxygen atoms in total. The number of rotatable bonds is 3. The van der Waals surface area contributed by atoms with Crippen LogP contribution in [0.4, 0.5) is 5.69 Å². The second kappa shape index (κ2) is 5.21. The Hall–Kier alpha value is -1.84. The fourth-order valence-electron chi connectivity index (χ4n) is 2.25. The Balaban J connectivity index is 2.31. The fraction of sp³-hybridized carbons (Fsp3) is 0.429. The molecule has 1 N–H and O–H groups in total. The molecule has 2 atom stereocenters. The van der Waals surface area contributed by atoms with Crippen LogP contribution in [0.25, 0.3) is 0 Å². The molecule has 18 heavy (non-hydrogen) atoms. The van der Waals surface area contributed by atoms with Gasteiger partial charge in [-0.25, -0.2) is 0 Å². The van der Waals surface area contributed by atoms with Crippen LogP contribution in [0.5, 0.6) is 0 Å². The number of nitrogens with zero attached hydrogens (tertiary/aromatic N) is 1. The summed E-state index contributed by atoms with van der Waals surface area (Å²) in [6, 6.07) is 8.51.